The van der Waals surface area contributed by atoms with Crippen LogP contribution in [0, 0.1) is 0 Å². The Morgan fingerprint density at radius 1 is 1.11 bits per heavy atom. The lowest BCUT2D eigenvalue weighted by molar-refractivity contribution is 0.102. The number of anilines is 1. The zero-order valence-electron chi connectivity index (χ0n) is 10.8. The van der Waals surface area contributed by atoms with Gasteiger partial charge in [-0.25, -0.2) is 0 Å². The van der Waals surface area contributed by atoms with Gasteiger partial charge in [-0.05, 0) is 35.7 Å². The zero-order chi connectivity index (χ0) is 13.7. The molecule has 2 aromatic rings. The lowest BCUT2D eigenvalue weighted by Gasteiger charge is -2.09. The van der Waals surface area contributed by atoms with Gasteiger partial charge in [0.1, 0.15) is 0 Å². The van der Waals surface area contributed by atoms with E-state index in [1.165, 1.54) is 0 Å². The van der Waals surface area contributed by atoms with Gasteiger partial charge in [0.2, 0.25) is 0 Å². The van der Waals surface area contributed by atoms with Crippen LogP contribution in [0.25, 0.3) is 0 Å². The summed E-state index contributed by atoms with van der Waals surface area (Å²) < 4.78 is 0. The average molecular weight is 274 g/mol. The fraction of sp³-hybridized carbons (Fsp3) is 0.188. The quantitative estimate of drug-likeness (QED) is 0.830. The van der Waals surface area contributed by atoms with Crippen molar-refractivity contribution < 1.29 is 4.79 Å². The van der Waals surface area contributed by atoms with Crippen molar-refractivity contribution in [1.82, 2.24) is 0 Å². The van der Waals surface area contributed by atoms with Gasteiger partial charge in [0, 0.05) is 17.1 Å². The minimum Gasteiger partial charge on any atom is -0.322 e. The highest BCUT2D eigenvalue weighted by molar-refractivity contribution is 6.17. The van der Waals surface area contributed by atoms with Crippen LogP contribution in [0.3, 0.4) is 0 Å². The Bertz CT molecular complexity index is 563. The minimum atomic E-state index is -0.0731. The molecule has 0 saturated carbocycles. The van der Waals surface area contributed by atoms with Crippen LogP contribution in [0.5, 0.6) is 0 Å². The third-order valence-corrected chi connectivity index (χ3v) is 3.32. The van der Waals surface area contributed by atoms with Gasteiger partial charge < -0.3 is 5.32 Å². The molecule has 1 N–H and O–H groups in total. The first kappa shape index (κ1) is 13.6. The van der Waals surface area contributed by atoms with E-state index in [1.54, 1.807) is 0 Å². The highest BCUT2D eigenvalue weighted by Gasteiger charge is 2.09. The smallest absolute Gasteiger partial charge is 0.255 e. The predicted octanol–water partition coefficient (Wildman–Crippen LogP) is 4.24. The number of carbonyl (C=O) groups excluding carboxylic acids is 1. The van der Waals surface area contributed by atoms with Crippen LogP contribution in [-0.2, 0) is 12.3 Å². The lowest BCUT2D eigenvalue weighted by atomic mass is 10.0. The van der Waals surface area contributed by atoms with Crippen molar-refractivity contribution in [3.05, 3.63) is 65.2 Å². The third-order valence-electron chi connectivity index (χ3n) is 3.01. The normalized spacial score (nSPS) is 10.2. The van der Waals surface area contributed by atoms with Crippen LogP contribution in [0.15, 0.2) is 48.5 Å². The summed E-state index contributed by atoms with van der Waals surface area (Å²) in [7, 11) is 0. The van der Waals surface area contributed by atoms with Gasteiger partial charge in [-0.3, -0.25) is 4.79 Å². The van der Waals surface area contributed by atoms with Crippen LogP contribution < -0.4 is 5.32 Å². The van der Waals surface area contributed by atoms with E-state index in [2.05, 4.69) is 5.32 Å². The second-order valence-corrected chi connectivity index (χ2v) is 4.56. The van der Waals surface area contributed by atoms with Gasteiger partial charge in [0.05, 0.1) is 0 Å². The van der Waals surface area contributed by atoms with Crippen molar-refractivity contribution in [3.63, 3.8) is 0 Å². The number of carbonyl (C=O) groups is 1. The van der Waals surface area contributed by atoms with E-state index in [0.717, 1.165) is 28.8 Å². The van der Waals surface area contributed by atoms with E-state index in [0.29, 0.717) is 5.88 Å². The number of benzene rings is 2. The summed E-state index contributed by atoms with van der Waals surface area (Å²) in [6.07, 6.45) is 0.842. The molecule has 2 aromatic carbocycles. The fourth-order valence-electron chi connectivity index (χ4n) is 1.93. The SMILES string of the molecule is CCc1ccccc1C(=O)Nc1ccc(CCl)cc1. The highest BCUT2D eigenvalue weighted by Crippen LogP contribution is 2.15. The van der Waals surface area contributed by atoms with Crippen molar-refractivity contribution in [2.45, 2.75) is 19.2 Å². The molecule has 0 bridgehead atoms. The van der Waals surface area contributed by atoms with E-state index in [-0.39, 0.29) is 5.91 Å². The first-order chi connectivity index (χ1) is 9.24. The Hall–Kier alpha value is -1.80. The molecule has 0 heterocycles. The molecular weight excluding hydrogens is 258 g/mol. The summed E-state index contributed by atoms with van der Waals surface area (Å²) in [5.74, 6) is 0.406. The molecule has 1 amide bonds. The van der Waals surface area contributed by atoms with E-state index in [1.807, 2.05) is 55.5 Å². The molecule has 0 atom stereocenters. The first-order valence-electron chi connectivity index (χ1n) is 6.28. The zero-order valence-corrected chi connectivity index (χ0v) is 11.6. The minimum absolute atomic E-state index is 0.0731. The first-order valence-corrected chi connectivity index (χ1v) is 6.82. The van der Waals surface area contributed by atoms with E-state index in [9.17, 15) is 4.79 Å². The van der Waals surface area contributed by atoms with Crippen LogP contribution in [0.1, 0.15) is 28.4 Å². The number of aryl methyl sites for hydroxylation is 1. The van der Waals surface area contributed by atoms with E-state index >= 15 is 0 Å². The number of rotatable bonds is 4. The molecule has 0 fully saturated rings. The van der Waals surface area contributed by atoms with E-state index in [4.69, 9.17) is 11.6 Å². The van der Waals surface area contributed by atoms with Gasteiger partial charge in [-0.2, -0.15) is 0 Å². The fourth-order valence-corrected chi connectivity index (χ4v) is 2.10. The third kappa shape index (κ3) is 3.36. The van der Waals surface area contributed by atoms with Gasteiger partial charge in [0.25, 0.3) is 5.91 Å². The van der Waals surface area contributed by atoms with Crippen molar-refractivity contribution in [3.8, 4) is 0 Å². The molecule has 0 aliphatic heterocycles. The maximum atomic E-state index is 12.2. The molecule has 0 aromatic heterocycles. The molecule has 0 spiro atoms. The van der Waals surface area contributed by atoms with E-state index < -0.39 is 0 Å². The highest BCUT2D eigenvalue weighted by atomic mass is 35.5. The second-order valence-electron chi connectivity index (χ2n) is 4.30. The molecule has 0 aliphatic rings. The Labute approximate surface area is 118 Å². The van der Waals surface area contributed by atoms with Crippen LogP contribution in [0.4, 0.5) is 5.69 Å². The maximum absolute atomic E-state index is 12.2. The molecule has 0 unspecified atom stereocenters. The summed E-state index contributed by atoms with van der Waals surface area (Å²) in [6, 6.07) is 15.2. The number of halogens is 1. The Morgan fingerprint density at radius 3 is 2.42 bits per heavy atom. The summed E-state index contributed by atoms with van der Waals surface area (Å²) in [5, 5.41) is 2.90. The summed E-state index contributed by atoms with van der Waals surface area (Å²) in [4.78, 5) is 12.2. The van der Waals surface area contributed by atoms with Crippen molar-refractivity contribution in [1.29, 1.82) is 0 Å². The predicted molar refractivity (Wildman–Crippen MR) is 79.8 cm³/mol. The van der Waals surface area contributed by atoms with Gasteiger partial charge >= 0.3 is 0 Å². The van der Waals surface area contributed by atoms with Gasteiger partial charge in [-0.1, -0.05) is 37.3 Å². The van der Waals surface area contributed by atoms with Crippen LogP contribution in [0.2, 0.25) is 0 Å². The van der Waals surface area contributed by atoms with Crippen molar-refractivity contribution >= 4 is 23.2 Å². The largest absolute Gasteiger partial charge is 0.322 e. The van der Waals surface area contributed by atoms with Gasteiger partial charge in [-0.15, -0.1) is 11.6 Å². The molecule has 2 nitrogen and oxygen atoms in total. The summed E-state index contributed by atoms with van der Waals surface area (Å²) >= 11 is 5.73. The van der Waals surface area contributed by atoms with Crippen LogP contribution >= 0.6 is 11.6 Å². The lowest BCUT2D eigenvalue weighted by Crippen LogP contribution is -2.13. The number of hydrogen-bond donors (Lipinski definition) is 1. The molecule has 3 heteroatoms. The second kappa shape index (κ2) is 6.39. The molecule has 2 rings (SSSR count). The maximum Gasteiger partial charge on any atom is 0.255 e. The monoisotopic (exact) mass is 273 g/mol. The molecular formula is C16H16ClNO. The number of alkyl halides is 1. The Kier molecular flexibility index (Phi) is 4.58. The van der Waals surface area contributed by atoms with Crippen molar-refractivity contribution in [2.75, 3.05) is 5.32 Å². The molecule has 98 valence electrons. The molecule has 0 aliphatic carbocycles. The van der Waals surface area contributed by atoms with Crippen LogP contribution in [-0.4, -0.2) is 5.91 Å². The molecule has 0 radical (unpaired) electrons. The summed E-state index contributed by atoms with van der Waals surface area (Å²) in [5.41, 5.74) is 3.60. The molecule has 19 heavy (non-hydrogen) atoms. The Morgan fingerprint density at radius 2 is 1.79 bits per heavy atom. The standard InChI is InChI=1S/C16H16ClNO/c1-2-13-5-3-4-6-15(13)16(19)18-14-9-7-12(11-17)8-10-14/h3-10H,2,11H2,1H3,(H,18,19). The number of amides is 1. The number of nitrogens with one attached hydrogen (secondary N) is 1. The topological polar surface area (TPSA) is 29.1 Å². The molecule has 0 saturated heterocycles. The van der Waals surface area contributed by atoms with Gasteiger partial charge in [0.15, 0.2) is 0 Å². The summed E-state index contributed by atoms with van der Waals surface area (Å²) in [6.45, 7) is 2.04. The Balaban J connectivity index is 2.16. The van der Waals surface area contributed by atoms with Crippen molar-refractivity contribution in [2.24, 2.45) is 0 Å². The average Bonchev–Trinajstić information content (AvgIpc) is 2.48. The number of hydrogen-bond acceptors (Lipinski definition) is 1.